The molecule has 1 fully saturated rings. The Bertz CT molecular complexity index is 293. The van der Waals surface area contributed by atoms with Crippen molar-refractivity contribution in [3.63, 3.8) is 0 Å². The van der Waals surface area contributed by atoms with Crippen molar-refractivity contribution in [3.05, 3.63) is 0 Å². The minimum absolute atomic E-state index is 0.0538. The van der Waals surface area contributed by atoms with Gasteiger partial charge in [-0.15, -0.1) is 0 Å². The molecule has 132 valence electrons. The van der Waals surface area contributed by atoms with Crippen LogP contribution in [0.1, 0.15) is 66.2 Å². The van der Waals surface area contributed by atoms with Crippen molar-refractivity contribution >= 4 is 8.32 Å². The van der Waals surface area contributed by atoms with Crippen molar-refractivity contribution in [2.24, 2.45) is 5.92 Å². The van der Waals surface area contributed by atoms with Gasteiger partial charge in [0, 0.05) is 13.2 Å². The molecule has 0 radical (unpaired) electrons. The molecule has 1 aliphatic heterocycles. The summed E-state index contributed by atoms with van der Waals surface area (Å²) < 4.78 is 17.7. The summed E-state index contributed by atoms with van der Waals surface area (Å²) >= 11 is 0. The highest BCUT2D eigenvalue weighted by Crippen LogP contribution is 2.36. The van der Waals surface area contributed by atoms with E-state index in [2.05, 4.69) is 40.8 Å². The second-order valence-corrected chi connectivity index (χ2v) is 13.1. The summed E-state index contributed by atoms with van der Waals surface area (Å²) in [5.41, 5.74) is 0. The number of rotatable bonds is 9. The van der Waals surface area contributed by atoms with Crippen LogP contribution >= 0.6 is 0 Å². The van der Waals surface area contributed by atoms with Gasteiger partial charge in [0.05, 0.1) is 6.61 Å². The maximum Gasteiger partial charge on any atom is 0.191 e. The molecule has 0 aliphatic carbocycles. The Kier molecular flexibility index (Phi) is 8.61. The van der Waals surface area contributed by atoms with Gasteiger partial charge in [0.15, 0.2) is 14.6 Å². The van der Waals surface area contributed by atoms with Gasteiger partial charge in [0.25, 0.3) is 0 Å². The maximum atomic E-state index is 6.22. The van der Waals surface area contributed by atoms with E-state index in [0.29, 0.717) is 11.0 Å². The van der Waals surface area contributed by atoms with Crippen molar-refractivity contribution in [1.29, 1.82) is 0 Å². The van der Waals surface area contributed by atoms with E-state index in [-0.39, 0.29) is 6.29 Å². The Balaban J connectivity index is 2.04. The highest BCUT2D eigenvalue weighted by Gasteiger charge is 2.36. The van der Waals surface area contributed by atoms with Crippen LogP contribution in [0.3, 0.4) is 0 Å². The van der Waals surface area contributed by atoms with E-state index in [1.807, 2.05) is 0 Å². The average Bonchev–Trinajstić information content (AvgIpc) is 2.44. The van der Waals surface area contributed by atoms with Gasteiger partial charge >= 0.3 is 0 Å². The molecule has 0 N–H and O–H groups in total. The lowest BCUT2D eigenvalue weighted by atomic mass is 10.1. The van der Waals surface area contributed by atoms with Crippen molar-refractivity contribution in [2.45, 2.75) is 90.6 Å². The largest absolute Gasteiger partial charge is 0.417 e. The molecular weight excluding hydrogens is 292 g/mol. The Hall–Kier alpha value is 0.0969. The van der Waals surface area contributed by atoms with Crippen LogP contribution in [-0.4, -0.2) is 34.4 Å². The lowest BCUT2D eigenvalue weighted by Crippen LogP contribution is -2.40. The highest BCUT2D eigenvalue weighted by molar-refractivity contribution is 6.74. The fourth-order valence-electron chi connectivity index (χ4n) is 2.34. The molecule has 1 unspecified atom stereocenters. The topological polar surface area (TPSA) is 27.7 Å². The highest BCUT2D eigenvalue weighted by atomic mass is 28.4. The Morgan fingerprint density at radius 3 is 2.50 bits per heavy atom. The van der Waals surface area contributed by atoms with Crippen molar-refractivity contribution in [3.8, 4) is 0 Å². The monoisotopic (exact) mass is 330 g/mol. The first-order valence-electron chi connectivity index (χ1n) is 9.09. The molecule has 22 heavy (non-hydrogen) atoms. The molecule has 1 saturated heterocycles. The summed E-state index contributed by atoms with van der Waals surface area (Å²) in [5.74, 6) is 0.610. The van der Waals surface area contributed by atoms with E-state index in [0.717, 1.165) is 32.7 Å². The zero-order chi connectivity index (χ0) is 16.6. The standard InChI is InChI=1S/C18H38O3Si/c1-16(15-20-17-12-8-9-13-19-17)11-7-10-14-21-22(5,6)18(2,3)4/h16-17H,7-15H2,1-6H3/t16-,17?/m0/s1. The zero-order valence-electron chi connectivity index (χ0n) is 15.7. The van der Waals surface area contributed by atoms with Crippen LogP contribution in [0, 0.1) is 5.92 Å². The van der Waals surface area contributed by atoms with Crippen LogP contribution in [0.4, 0.5) is 0 Å². The molecule has 1 rings (SSSR count). The average molecular weight is 331 g/mol. The minimum Gasteiger partial charge on any atom is -0.417 e. The third kappa shape index (κ3) is 7.58. The molecule has 0 aromatic heterocycles. The van der Waals surface area contributed by atoms with Gasteiger partial charge in [-0.05, 0) is 56.2 Å². The molecule has 1 heterocycles. The number of ether oxygens (including phenoxy) is 2. The number of unbranched alkanes of at least 4 members (excludes halogenated alkanes) is 1. The third-order valence-electron chi connectivity index (χ3n) is 5.06. The van der Waals surface area contributed by atoms with E-state index in [9.17, 15) is 0 Å². The normalized spacial score (nSPS) is 21.8. The van der Waals surface area contributed by atoms with Crippen LogP contribution in [0.5, 0.6) is 0 Å². The van der Waals surface area contributed by atoms with E-state index >= 15 is 0 Å². The van der Waals surface area contributed by atoms with Crippen LogP contribution in [-0.2, 0) is 13.9 Å². The Morgan fingerprint density at radius 2 is 1.91 bits per heavy atom. The van der Waals surface area contributed by atoms with Gasteiger partial charge in [-0.2, -0.15) is 0 Å². The fraction of sp³-hybridized carbons (Fsp3) is 1.00. The zero-order valence-corrected chi connectivity index (χ0v) is 16.7. The Morgan fingerprint density at radius 1 is 1.18 bits per heavy atom. The smallest absolute Gasteiger partial charge is 0.191 e. The lowest BCUT2D eigenvalue weighted by molar-refractivity contribution is -0.168. The first-order chi connectivity index (χ1) is 10.2. The summed E-state index contributed by atoms with van der Waals surface area (Å²) in [6.45, 7) is 16.4. The van der Waals surface area contributed by atoms with Crippen LogP contribution in [0.2, 0.25) is 18.1 Å². The molecule has 0 saturated carbocycles. The van der Waals surface area contributed by atoms with Gasteiger partial charge in [-0.1, -0.05) is 34.1 Å². The lowest BCUT2D eigenvalue weighted by Gasteiger charge is -2.36. The number of hydrogen-bond acceptors (Lipinski definition) is 3. The van der Waals surface area contributed by atoms with Gasteiger partial charge in [-0.3, -0.25) is 0 Å². The summed E-state index contributed by atoms with van der Waals surface area (Å²) in [7, 11) is -1.56. The van der Waals surface area contributed by atoms with Crippen molar-refractivity contribution in [1.82, 2.24) is 0 Å². The second kappa shape index (κ2) is 9.41. The minimum atomic E-state index is -1.56. The van der Waals surface area contributed by atoms with Gasteiger partial charge in [0.2, 0.25) is 0 Å². The van der Waals surface area contributed by atoms with Gasteiger partial charge in [0.1, 0.15) is 0 Å². The van der Waals surface area contributed by atoms with E-state index in [1.54, 1.807) is 0 Å². The Labute approximate surface area is 139 Å². The van der Waals surface area contributed by atoms with E-state index < -0.39 is 8.32 Å². The van der Waals surface area contributed by atoms with Crippen LogP contribution in [0.15, 0.2) is 0 Å². The molecule has 0 aromatic rings. The summed E-state index contributed by atoms with van der Waals surface area (Å²) in [4.78, 5) is 0. The summed E-state index contributed by atoms with van der Waals surface area (Å²) in [5, 5.41) is 0.314. The quantitative estimate of drug-likeness (QED) is 0.421. The molecule has 4 heteroatoms. The molecule has 0 amide bonds. The molecule has 1 aliphatic rings. The predicted molar refractivity (Wildman–Crippen MR) is 95.7 cm³/mol. The first kappa shape index (κ1) is 20.1. The summed E-state index contributed by atoms with van der Waals surface area (Å²) in [6, 6.07) is 0. The van der Waals surface area contributed by atoms with Crippen LogP contribution < -0.4 is 0 Å². The van der Waals surface area contributed by atoms with Gasteiger partial charge in [-0.25, -0.2) is 0 Å². The number of hydrogen-bond donors (Lipinski definition) is 0. The second-order valence-electron chi connectivity index (χ2n) is 8.34. The van der Waals surface area contributed by atoms with Crippen molar-refractivity contribution in [2.75, 3.05) is 19.8 Å². The molecule has 3 nitrogen and oxygen atoms in total. The van der Waals surface area contributed by atoms with Gasteiger partial charge < -0.3 is 13.9 Å². The fourth-order valence-corrected chi connectivity index (χ4v) is 3.42. The maximum absolute atomic E-state index is 6.22. The molecular formula is C18H38O3Si. The van der Waals surface area contributed by atoms with E-state index in [4.69, 9.17) is 13.9 Å². The van der Waals surface area contributed by atoms with E-state index in [1.165, 1.54) is 25.7 Å². The van der Waals surface area contributed by atoms with Crippen molar-refractivity contribution < 1.29 is 13.9 Å². The summed E-state index contributed by atoms with van der Waals surface area (Å²) in [6.07, 6.45) is 7.15. The predicted octanol–water partition coefficient (Wildman–Crippen LogP) is 5.36. The van der Waals surface area contributed by atoms with Crippen LogP contribution in [0.25, 0.3) is 0 Å². The molecule has 0 spiro atoms. The molecule has 0 aromatic carbocycles. The SMILES string of the molecule is C[C@@H](CCCCO[Si](C)(C)C(C)(C)C)COC1CCCCO1. The molecule has 0 bridgehead atoms. The molecule has 2 atom stereocenters. The third-order valence-corrected chi connectivity index (χ3v) is 9.60. The first-order valence-corrected chi connectivity index (χ1v) is 12.0.